The van der Waals surface area contributed by atoms with Gasteiger partial charge in [0.15, 0.2) is 5.00 Å². The normalized spacial score (nSPS) is 9.67. The highest BCUT2D eigenvalue weighted by Gasteiger charge is 2.22. The van der Waals surface area contributed by atoms with Crippen molar-refractivity contribution in [3.05, 3.63) is 21.1 Å². The average Bonchev–Trinajstić information content (AvgIpc) is 2.46. The van der Waals surface area contributed by atoms with Gasteiger partial charge in [0.1, 0.15) is 4.88 Å². The lowest BCUT2D eigenvalue weighted by Crippen LogP contribution is -2.05. The van der Waals surface area contributed by atoms with Crippen LogP contribution in [0.5, 0.6) is 0 Å². The summed E-state index contributed by atoms with van der Waals surface area (Å²) >= 11 is 0.651. The number of aromatic carboxylic acids is 1. The second kappa shape index (κ2) is 4.05. The molecule has 8 heteroatoms. The second-order valence-corrected chi connectivity index (χ2v) is 3.62. The lowest BCUT2D eigenvalue weighted by Gasteiger charge is -1.95. The predicted molar refractivity (Wildman–Crippen MR) is 52.2 cm³/mol. The highest BCUT2D eigenvalue weighted by atomic mass is 32.1. The topological polar surface area (TPSA) is 110 Å². The first-order valence-electron chi connectivity index (χ1n) is 3.71. The van der Waals surface area contributed by atoms with E-state index in [0.717, 1.165) is 6.07 Å². The van der Waals surface area contributed by atoms with Crippen LogP contribution in [-0.4, -0.2) is 21.9 Å². The number of carboxylic acid groups (broad SMARTS) is 1. The number of nitrogens with zero attached hydrogens (tertiary/aromatic N) is 1. The van der Waals surface area contributed by atoms with Crippen LogP contribution in [0.1, 0.15) is 16.6 Å². The van der Waals surface area contributed by atoms with Crippen molar-refractivity contribution >= 4 is 33.9 Å². The molecule has 0 aliphatic carbocycles. The van der Waals surface area contributed by atoms with Gasteiger partial charge in [-0.25, -0.2) is 4.79 Å². The van der Waals surface area contributed by atoms with Crippen molar-refractivity contribution in [2.45, 2.75) is 6.92 Å². The standard InChI is InChI=1S/C7H6N2O5S/c1-3(10)8-6-4(9(13)14)2-5(15-6)7(11)12/h2H,1H3,(H,8,10)(H,11,12). The van der Waals surface area contributed by atoms with Crippen molar-refractivity contribution in [3.8, 4) is 0 Å². The van der Waals surface area contributed by atoms with Crippen LogP contribution in [0.2, 0.25) is 0 Å². The zero-order valence-electron chi connectivity index (χ0n) is 7.51. The molecule has 1 rings (SSSR count). The maximum absolute atomic E-state index is 10.7. The molecule has 0 aromatic carbocycles. The third-order valence-corrected chi connectivity index (χ3v) is 2.44. The summed E-state index contributed by atoms with van der Waals surface area (Å²) in [6, 6.07) is 0.915. The Hall–Kier alpha value is -1.96. The second-order valence-electron chi connectivity index (χ2n) is 2.57. The highest BCUT2D eigenvalue weighted by molar-refractivity contribution is 7.18. The molecule has 0 atom stereocenters. The summed E-state index contributed by atoms with van der Waals surface area (Å²) in [6.07, 6.45) is 0. The first-order valence-corrected chi connectivity index (χ1v) is 4.52. The van der Waals surface area contributed by atoms with Crippen LogP contribution in [0.4, 0.5) is 10.7 Å². The maximum Gasteiger partial charge on any atom is 0.346 e. The number of nitro groups is 1. The molecule has 0 unspecified atom stereocenters. The quantitative estimate of drug-likeness (QED) is 0.601. The van der Waals surface area contributed by atoms with E-state index in [0.29, 0.717) is 11.3 Å². The average molecular weight is 230 g/mol. The summed E-state index contributed by atoms with van der Waals surface area (Å²) in [4.78, 5) is 30.8. The molecule has 0 aliphatic heterocycles. The molecule has 0 fully saturated rings. The number of hydrogen-bond acceptors (Lipinski definition) is 5. The van der Waals surface area contributed by atoms with E-state index in [1.807, 2.05) is 0 Å². The van der Waals surface area contributed by atoms with E-state index in [-0.39, 0.29) is 9.88 Å². The van der Waals surface area contributed by atoms with Crippen LogP contribution in [0.3, 0.4) is 0 Å². The number of nitrogens with one attached hydrogen (secondary N) is 1. The number of rotatable bonds is 3. The van der Waals surface area contributed by atoms with Crippen LogP contribution >= 0.6 is 11.3 Å². The summed E-state index contributed by atoms with van der Waals surface area (Å²) in [5.41, 5.74) is -0.410. The van der Waals surface area contributed by atoms with Gasteiger partial charge in [-0.05, 0) is 0 Å². The lowest BCUT2D eigenvalue weighted by atomic mass is 10.4. The van der Waals surface area contributed by atoms with E-state index in [4.69, 9.17) is 5.11 Å². The van der Waals surface area contributed by atoms with Crippen molar-refractivity contribution in [3.63, 3.8) is 0 Å². The molecule has 1 aromatic heterocycles. The zero-order valence-corrected chi connectivity index (χ0v) is 8.33. The first-order chi connectivity index (χ1) is 6.91. The van der Waals surface area contributed by atoms with Crippen LogP contribution in [-0.2, 0) is 4.79 Å². The van der Waals surface area contributed by atoms with Gasteiger partial charge >= 0.3 is 11.7 Å². The number of carboxylic acids is 1. The molecule has 0 aliphatic rings. The number of amides is 1. The van der Waals surface area contributed by atoms with Gasteiger partial charge < -0.3 is 10.4 Å². The van der Waals surface area contributed by atoms with Gasteiger partial charge in [0.2, 0.25) is 5.91 Å². The number of carbonyl (C=O) groups is 2. The number of anilines is 1. The van der Waals surface area contributed by atoms with E-state index < -0.39 is 22.5 Å². The monoisotopic (exact) mass is 230 g/mol. The molecule has 1 amide bonds. The van der Waals surface area contributed by atoms with Gasteiger partial charge in [-0.2, -0.15) is 0 Å². The Morgan fingerprint density at radius 2 is 2.20 bits per heavy atom. The number of carbonyl (C=O) groups excluding carboxylic acids is 1. The summed E-state index contributed by atoms with van der Waals surface area (Å²) in [6.45, 7) is 1.18. The van der Waals surface area contributed by atoms with Crippen LogP contribution in [0.15, 0.2) is 6.07 Å². The molecule has 15 heavy (non-hydrogen) atoms. The fourth-order valence-electron chi connectivity index (χ4n) is 0.872. The van der Waals surface area contributed by atoms with Gasteiger partial charge in [-0.1, -0.05) is 0 Å². The number of thiophene rings is 1. The van der Waals surface area contributed by atoms with Crippen molar-refractivity contribution in [1.82, 2.24) is 0 Å². The third kappa shape index (κ3) is 2.50. The van der Waals surface area contributed by atoms with Gasteiger partial charge in [0.25, 0.3) is 0 Å². The minimum Gasteiger partial charge on any atom is -0.477 e. The van der Waals surface area contributed by atoms with Crippen LogP contribution in [0, 0.1) is 10.1 Å². The predicted octanol–water partition coefficient (Wildman–Crippen LogP) is 1.31. The molecule has 7 nitrogen and oxygen atoms in total. The van der Waals surface area contributed by atoms with Crippen molar-refractivity contribution in [1.29, 1.82) is 0 Å². The minimum absolute atomic E-state index is 0.0649. The molecule has 0 saturated carbocycles. The zero-order chi connectivity index (χ0) is 11.6. The van der Waals surface area contributed by atoms with Crippen LogP contribution in [0.25, 0.3) is 0 Å². The van der Waals surface area contributed by atoms with E-state index in [1.165, 1.54) is 6.92 Å². The van der Waals surface area contributed by atoms with Crippen molar-refractivity contribution in [2.24, 2.45) is 0 Å². The van der Waals surface area contributed by atoms with Gasteiger partial charge in [-0.15, -0.1) is 11.3 Å². The van der Waals surface area contributed by atoms with E-state index >= 15 is 0 Å². The molecule has 1 aromatic rings. The third-order valence-electron chi connectivity index (χ3n) is 1.41. The molecular weight excluding hydrogens is 224 g/mol. The molecular formula is C7H6N2O5S. The Morgan fingerprint density at radius 1 is 1.60 bits per heavy atom. The SMILES string of the molecule is CC(=O)Nc1sc(C(=O)O)cc1[N+](=O)[O-]. The minimum atomic E-state index is -1.26. The Labute approximate surface area is 87.5 Å². The molecule has 1 heterocycles. The van der Waals surface area contributed by atoms with E-state index in [2.05, 4.69) is 5.32 Å². The number of hydrogen-bond donors (Lipinski definition) is 2. The van der Waals surface area contributed by atoms with E-state index in [9.17, 15) is 19.7 Å². The van der Waals surface area contributed by atoms with Gasteiger partial charge in [0.05, 0.1) is 4.92 Å². The molecule has 80 valence electrons. The highest BCUT2D eigenvalue weighted by Crippen LogP contribution is 2.34. The Kier molecular flexibility index (Phi) is 3.00. The van der Waals surface area contributed by atoms with Crippen molar-refractivity contribution < 1.29 is 19.6 Å². The van der Waals surface area contributed by atoms with Gasteiger partial charge in [0, 0.05) is 13.0 Å². The lowest BCUT2D eigenvalue weighted by molar-refractivity contribution is -0.383. The fourth-order valence-corrected chi connectivity index (χ4v) is 1.78. The van der Waals surface area contributed by atoms with Gasteiger partial charge in [-0.3, -0.25) is 14.9 Å². The summed E-state index contributed by atoms with van der Waals surface area (Å²) in [5, 5.41) is 21.3. The largest absolute Gasteiger partial charge is 0.477 e. The molecule has 0 radical (unpaired) electrons. The van der Waals surface area contributed by atoms with Crippen molar-refractivity contribution in [2.75, 3.05) is 5.32 Å². The molecule has 0 saturated heterocycles. The fraction of sp³-hybridized carbons (Fsp3) is 0.143. The summed E-state index contributed by atoms with van der Waals surface area (Å²) < 4.78 is 0. The van der Waals surface area contributed by atoms with E-state index in [1.54, 1.807) is 0 Å². The molecule has 2 N–H and O–H groups in total. The summed E-state index contributed by atoms with van der Waals surface area (Å²) in [7, 11) is 0. The maximum atomic E-state index is 10.7. The summed E-state index contributed by atoms with van der Waals surface area (Å²) in [5.74, 6) is -1.75. The molecule has 0 bridgehead atoms. The first kappa shape index (κ1) is 11.1. The van der Waals surface area contributed by atoms with Crippen LogP contribution < -0.4 is 5.32 Å². The smallest absolute Gasteiger partial charge is 0.346 e. The Bertz CT molecular complexity index is 439. The Balaban J connectivity index is 3.17. The molecule has 0 spiro atoms. The Morgan fingerprint density at radius 3 is 2.60 bits per heavy atom.